The largest absolute Gasteiger partial charge is 0.353 e. The Kier molecular flexibility index (Phi) is 3.83. The van der Waals surface area contributed by atoms with Crippen molar-refractivity contribution in [2.75, 3.05) is 13.6 Å². The molecule has 1 aliphatic heterocycles. The minimum absolute atomic E-state index is 0.145. The summed E-state index contributed by atoms with van der Waals surface area (Å²) in [5.41, 5.74) is 6.23. The number of nitrogens with zero attached hydrogens (tertiary/aromatic N) is 3. The molecule has 0 bridgehead atoms. The predicted molar refractivity (Wildman–Crippen MR) is 111 cm³/mol. The number of rotatable bonds is 3. The van der Waals surface area contributed by atoms with Crippen molar-refractivity contribution in [2.45, 2.75) is 19.4 Å². The zero-order valence-electron chi connectivity index (χ0n) is 16.0. The van der Waals surface area contributed by atoms with Crippen LogP contribution in [0.4, 0.5) is 0 Å². The number of fused-ring (bicyclic) bond motifs is 1. The van der Waals surface area contributed by atoms with Gasteiger partial charge in [0.2, 0.25) is 5.91 Å². The average molecular weight is 370 g/mol. The zero-order chi connectivity index (χ0) is 19.3. The molecule has 1 fully saturated rings. The lowest BCUT2D eigenvalue weighted by atomic mass is 10.0. The molecule has 0 saturated carbocycles. The van der Waals surface area contributed by atoms with Crippen molar-refractivity contribution >= 4 is 16.8 Å². The third-order valence-corrected chi connectivity index (χ3v) is 5.78. The Morgan fingerprint density at radius 3 is 2.54 bits per heavy atom. The third-order valence-electron chi connectivity index (χ3n) is 5.78. The van der Waals surface area contributed by atoms with Gasteiger partial charge in [-0.05, 0) is 25.0 Å². The van der Waals surface area contributed by atoms with Crippen LogP contribution in [-0.2, 0) is 4.79 Å². The van der Waals surface area contributed by atoms with Crippen LogP contribution in [0.25, 0.3) is 33.5 Å². The second-order valence-corrected chi connectivity index (χ2v) is 7.45. The van der Waals surface area contributed by atoms with Crippen LogP contribution in [0.5, 0.6) is 0 Å². The van der Waals surface area contributed by atoms with Crippen molar-refractivity contribution in [3.05, 3.63) is 66.5 Å². The summed E-state index contributed by atoms with van der Waals surface area (Å²) in [6, 6.07) is 18.3. The van der Waals surface area contributed by atoms with E-state index < -0.39 is 0 Å². The molecular weight excluding hydrogens is 348 g/mol. The van der Waals surface area contributed by atoms with E-state index in [1.54, 1.807) is 4.90 Å². The number of carbonyl (C=O) groups is 1. The van der Waals surface area contributed by atoms with Crippen LogP contribution in [0.3, 0.4) is 0 Å². The Labute approximate surface area is 163 Å². The first-order valence-electron chi connectivity index (χ1n) is 9.60. The number of amides is 1. The molecule has 3 heterocycles. The van der Waals surface area contributed by atoms with Gasteiger partial charge in [0.25, 0.3) is 0 Å². The van der Waals surface area contributed by atoms with Crippen LogP contribution < -0.4 is 0 Å². The van der Waals surface area contributed by atoms with E-state index >= 15 is 0 Å². The van der Waals surface area contributed by atoms with Gasteiger partial charge in [-0.25, -0.2) is 4.98 Å². The van der Waals surface area contributed by atoms with Gasteiger partial charge < -0.3 is 14.5 Å². The SMILES string of the molecule is Cc1c(-c2c(-c3ccccc3)ncn2[C@H]2CCN(C)C2=O)[nH]c2ccccc12. The Balaban J connectivity index is 1.77. The maximum Gasteiger partial charge on any atom is 0.245 e. The van der Waals surface area contributed by atoms with Crippen LogP contribution in [0, 0.1) is 6.92 Å². The van der Waals surface area contributed by atoms with Crippen molar-refractivity contribution in [1.29, 1.82) is 0 Å². The van der Waals surface area contributed by atoms with Crippen molar-refractivity contribution in [3.8, 4) is 22.6 Å². The monoisotopic (exact) mass is 370 g/mol. The molecule has 1 amide bonds. The van der Waals surface area contributed by atoms with Gasteiger partial charge in [0.1, 0.15) is 6.04 Å². The molecule has 140 valence electrons. The molecule has 1 saturated heterocycles. The highest BCUT2D eigenvalue weighted by Crippen LogP contribution is 2.38. The fourth-order valence-corrected chi connectivity index (χ4v) is 4.23. The molecule has 1 N–H and O–H groups in total. The number of para-hydroxylation sites is 1. The lowest BCUT2D eigenvalue weighted by molar-refractivity contribution is -0.129. The molecule has 1 aliphatic rings. The minimum Gasteiger partial charge on any atom is -0.353 e. The molecule has 1 atom stereocenters. The van der Waals surface area contributed by atoms with E-state index in [-0.39, 0.29) is 11.9 Å². The lowest BCUT2D eigenvalue weighted by Gasteiger charge is -2.16. The summed E-state index contributed by atoms with van der Waals surface area (Å²) < 4.78 is 2.06. The first-order chi connectivity index (χ1) is 13.6. The maximum absolute atomic E-state index is 12.8. The second kappa shape index (κ2) is 6.37. The fraction of sp³-hybridized carbons (Fsp3) is 0.217. The third kappa shape index (κ3) is 2.47. The molecule has 0 radical (unpaired) electrons. The van der Waals surface area contributed by atoms with Crippen molar-refractivity contribution < 1.29 is 4.79 Å². The van der Waals surface area contributed by atoms with Gasteiger partial charge in [-0.2, -0.15) is 0 Å². The molecule has 2 aromatic heterocycles. The first-order valence-corrected chi connectivity index (χ1v) is 9.60. The van der Waals surface area contributed by atoms with E-state index in [0.717, 1.165) is 41.1 Å². The van der Waals surface area contributed by atoms with Gasteiger partial charge in [-0.3, -0.25) is 4.79 Å². The standard InChI is InChI=1S/C23H22N4O/c1-15-17-10-6-7-11-18(17)25-20(15)22-21(16-8-4-3-5-9-16)24-14-27(22)19-12-13-26(2)23(19)28/h3-11,14,19,25H,12-13H2,1-2H3/t19-/m0/s1. The van der Waals surface area contributed by atoms with E-state index in [9.17, 15) is 4.79 Å². The summed E-state index contributed by atoms with van der Waals surface area (Å²) >= 11 is 0. The quantitative estimate of drug-likeness (QED) is 0.581. The van der Waals surface area contributed by atoms with E-state index in [2.05, 4.69) is 46.8 Å². The number of imidazole rings is 1. The molecular formula is C23H22N4O. The summed E-state index contributed by atoms with van der Waals surface area (Å²) in [5.74, 6) is 0.145. The molecule has 2 aromatic carbocycles. The highest BCUT2D eigenvalue weighted by molar-refractivity contribution is 5.93. The molecule has 4 aromatic rings. The molecule has 0 unspecified atom stereocenters. The normalized spacial score (nSPS) is 17.0. The smallest absolute Gasteiger partial charge is 0.245 e. The second-order valence-electron chi connectivity index (χ2n) is 7.45. The van der Waals surface area contributed by atoms with Gasteiger partial charge in [0, 0.05) is 30.1 Å². The number of likely N-dealkylation sites (tertiary alicyclic amines) is 1. The maximum atomic E-state index is 12.8. The van der Waals surface area contributed by atoms with Gasteiger partial charge in [-0.15, -0.1) is 0 Å². The highest BCUT2D eigenvalue weighted by Gasteiger charge is 2.33. The molecule has 28 heavy (non-hydrogen) atoms. The van der Waals surface area contributed by atoms with Gasteiger partial charge >= 0.3 is 0 Å². The topological polar surface area (TPSA) is 53.9 Å². The first kappa shape index (κ1) is 16.8. The molecule has 5 heteroatoms. The predicted octanol–water partition coefficient (Wildman–Crippen LogP) is 4.41. The van der Waals surface area contributed by atoms with Crippen molar-refractivity contribution in [1.82, 2.24) is 19.4 Å². The summed E-state index contributed by atoms with van der Waals surface area (Å²) in [4.78, 5) is 22.9. The van der Waals surface area contributed by atoms with Crippen LogP contribution in [0.15, 0.2) is 60.9 Å². The zero-order valence-corrected chi connectivity index (χ0v) is 16.0. The average Bonchev–Trinajstić information content (AvgIpc) is 3.39. The Morgan fingerprint density at radius 2 is 1.82 bits per heavy atom. The van der Waals surface area contributed by atoms with Crippen LogP contribution in [-0.4, -0.2) is 38.9 Å². The van der Waals surface area contributed by atoms with E-state index in [4.69, 9.17) is 4.98 Å². The highest BCUT2D eigenvalue weighted by atomic mass is 16.2. The minimum atomic E-state index is -0.212. The number of hydrogen-bond acceptors (Lipinski definition) is 2. The van der Waals surface area contributed by atoms with E-state index in [1.807, 2.05) is 37.6 Å². The van der Waals surface area contributed by atoms with Gasteiger partial charge in [-0.1, -0.05) is 48.5 Å². The van der Waals surface area contributed by atoms with Crippen LogP contribution >= 0.6 is 0 Å². The Morgan fingerprint density at radius 1 is 1.07 bits per heavy atom. The molecule has 5 rings (SSSR count). The number of nitrogens with one attached hydrogen (secondary N) is 1. The molecule has 0 aliphatic carbocycles. The fourth-order valence-electron chi connectivity index (χ4n) is 4.23. The number of benzene rings is 2. The Bertz CT molecular complexity index is 1170. The van der Waals surface area contributed by atoms with E-state index in [1.165, 1.54) is 10.9 Å². The summed E-state index contributed by atoms with van der Waals surface area (Å²) in [6.07, 6.45) is 2.62. The number of aromatic nitrogens is 3. The number of carbonyl (C=O) groups excluding carboxylic acids is 1. The number of H-pyrrole nitrogens is 1. The summed E-state index contributed by atoms with van der Waals surface area (Å²) in [6.45, 7) is 2.90. The number of likely N-dealkylation sites (N-methyl/N-ethyl adjacent to an activating group) is 1. The number of hydrogen-bond donors (Lipinski definition) is 1. The van der Waals surface area contributed by atoms with Crippen LogP contribution in [0.2, 0.25) is 0 Å². The van der Waals surface area contributed by atoms with Crippen LogP contribution in [0.1, 0.15) is 18.0 Å². The van der Waals surface area contributed by atoms with E-state index in [0.29, 0.717) is 0 Å². The number of aryl methyl sites for hydroxylation is 1. The van der Waals surface area contributed by atoms with Gasteiger partial charge in [0.05, 0.1) is 23.4 Å². The Hall–Kier alpha value is -3.34. The molecule has 0 spiro atoms. The molecule has 5 nitrogen and oxygen atoms in total. The van der Waals surface area contributed by atoms with Crippen molar-refractivity contribution in [2.24, 2.45) is 0 Å². The summed E-state index contributed by atoms with van der Waals surface area (Å²) in [5, 5.41) is 1.19. The van der Waals surface area contributed by atoms with Crippen molar-refractivity contribution in [3.63, 3.8) is 0 Å². The lowest BCUT2D eigenvalue weighted by Crippen LogP contribution is -2.24. The summed E-state index contributed by atoms with van der Waals surface area (Å²) in [7, 11) is 1.87. The number of aromatic amines is 1. The van der Waals surface area contributed by atoms with Gasteiger partial charge in [0.15, 0.2) is 0 Å².